The summed E-state index contributed by atoms with van der Waals surface area (Å²) in [5.74, 6) is -0.752. The predicted octanol–water partition coefficient (Wildman–Crippen LogP) is 3.57. The summed E-state index contributed by atoms with van der Waals surface area (Å²) >= 11 is 0. The van der Waals surface area contributed by atoms with Crippen LogP contribution in [0.3, 0.4) is 0 Å². The standard InChI is InChI=1S/C24H50N4O9Si2/c1-38(2,37-39(3,4)22-6-8-24(30)31)21-5-7-23(29)26-9-11-32-13-15-34-17-19-36-20-18-35-16-14-33-12-10-27-28-25/h5-22H2,1-4H3,(H,26,29)(H,30,31). The summed E-state index contributed by atoms with van der Waals surface area (Å²) in [6, 6.07) is 1.74. The van der Waals surface area contributed by atoms with Crippen LogP contribution < -0.4 is 5.32 Å². The Bertz CT molecular complexity index is 697. The molecule has 39 heavy (non-hydrogen) atoms. The van der Waals surface area contributed by atoms with Gasteiger partial charge < -0.3 is 38.2 Å². The highest BCUT2D eigenvalue weighted by Crippen LogP contribution is 2.24. The van der Waals surface area contributed by atoms with Crippen LogP contribution in [-0.4, -0.2) is 113 Å². The number of carboxylic acid groups (broad SMARTS) is 1. The smallest absolute Gasteiger partial charge is 0.303 e. The number of nitrogens with one attached hydrogen (secondary N) is 1. The maximum absolute atomic E-state index is 12.1. The minimum absolute atomic E-state index is 0.0107. The lowest BCUT2D eigenvalue weighted by atomic mass is 10.3. The fourth-order valence-electron chi connectivity index (χ4n) is 3.67. The summed E-state index contributed by atoms with van der Waals surface area (Å²) in [6.07, 6.45) is 2.08. The molecule has 0 aromatic rings. The molecule has 0 aromatic heterocycles. The van der Waals surface area contributed by atoms with Crippen molar-refractivity contribution < 1.29 is 42.5 Å². The number of azide groups is 1. The average Bonchev–Trinajstić information content (AvgIpc) is 2.84. The van der Waals surface area contributed by atoms with E-state index in [-0.39, 0.29) is 12.3 Å². The summed E-state index contributed by atoms with van der Waals surface area (Å²) < 4.78 is 33.4. The van der Waals surface area contributed by atoms with Gasteiger partial charge in [0.2, 0.25) is 5.91 Å². The molecule has 0 saturated carbocycles. The molecule has 0 aliphatic rings. The number of hydrogen-bond donors (Lipinski definition) is 2. The van der Waals surface area contributed by atoms with E-state index in [4.69, 9.17) is 38.4 Å². The quantitative estimate of drug-likeness (QED) is 0.0452. The number of amides is 1. The van der Waals surface area contributed by atoms with Crippen molar-refractivity contribution in [2.75, 3.05) is 79.2 Å². The van der Waals surface area contributed by atoms with Crippen LogP contribution in [-0.2, 0) is 37.4 Å². The van der Waals surface area contributed by atoms with E-state index in [2.05, 4.69) is 41.5 Å². The Morgan fingerprint density at radius 1 is 0.744 bits per heavy atom. The molecule has 0 atom stereocenters. The van der Waals surface area contributed by atoms with Gasteiger partial charge in [0.15, 0.2) is 16.6 Å². The molecule has 0 rings (SSSR count). The van der Waals surface area contributed by atoms with Crippen LogP contribution in [0.2, 0.25) is 38.3 Å². The topological polar surface area (TPSA) is 171 Å². The van der Waals surface area contributed by atoms with Gasteiger partial charge in [-0.2, -0.15) is 0 Å². The number of ether oxygens (including phenoxy) is 5. The van der Waals surface area contributed by atoms with Crippen LogP contribution in [0.15, 0.2) is 5.11 Å². The second-order valence-corrected chi connectivity index (χ2v) is 18.9. The summed E-state index contributed by atoms with van der Waals surface area (Å²) in [7, 11) is -3.79. The number of carbonyl (C=O) groups excluding carboxylic acids is 1. The van der Waals surface area contributed by atoms with E-state index in [0.717, 1.165) is 18.5 Å². The third-order valence-corrected chi connectivity index (χ3v) is 12.9. The number of aliphatic carboxylic acids is 1. The highest BCUT2D eigenvalue weighted by Gasteiger charge is 2.32. The summed E-state index contributed by atoms with van der Waals surface area (Å²) in [6.45, 7) is 13.9. The fourth-order valence-corrected chi connectivity index (χ4v) is 12.5. The second kappa shape index (κ2) is 24.3. The highest BCUT2D eigenvalue weighted by molar-refractivity contribution is 6.84. The van der Waals surface area contributed by atoms with Gasteiger partial charge in [-0.1, -0.05) is 5.11 Å². The molecule has 0 saturated heterocycles. The zero-order chi connectivity index (χ0) is 29.2. The Balaban J connectivity index is 3.52. The van der Waals surface area contributed by atoms with Gasteiger partial charge in [0.05, 0.1) is 66.1 Å². The molecule has 0 aliphatic carbocycles. The van der Waals surface area contributed by atoms with Gasteiger partial charge in [0.1, 0.15) is 0 Å². The van der Waals surface area contributed by atoms with Crippen molar-refractivity contribution in [3.05, 3.63) is 10.4 Å². The molecule has 15 heteroatoms. The first-order valence-electron chi connectivity index (χ1n) is 13.7. The molecule has 0 aromatic carbocycles. The SMILES string of the molecule is C[Si](C)(CCCC(=O)O)O[Si](C)(C)CCCC(=O)NCCOCCOCCOCCOCCOCCN=[N+]=[N-]. The number of carbonyl (C=O) groups is 2. The Hall–Kier alpha value is -1.56. The normalized spacial score (nSPS) is 11.8. The first-order chi connectivity index (χ1) is 18.6. The molecule has 0 aliphatic heterocycles. The first kappa shape index (κ1) is 37.4. The van der Waals surface area contributed by atoms with Crippen molar-refractivity contribution in [3.63, 3.8) is 0 Å². The summed E-state index contributed by atoms with van der Waals surface area (Å²) in [5.41, 5.74) is 8.13. The molecule has 0 radical (unpaired) electrons. The van der Waals surface area contributed by atoms with Crippen molar-refractivity contribution in [2.45, 2.75) is 64.0 Å². The van der Waals surface area contributed by atoms with Gasteiger partial charge in [-0.15, -0.1) is 0 Å². The van der Waals surface area contributed by atoms with Gasteiger partial charge in [-0.25, -0.2) is 0 Å². The van der Waals surface area contributed by atoms with Crippen molar-refractivity contribution >= 4 is 28.5 Å². The van der Waals surface area contributed by atoms with E-state index >= 15 is 0 Å². The zero-order valence-electron chi connectivity index (χ0n) is 24.3. The van der Waals surface area contributed by atoms with Gasteiger partial charge in [-0.05, 0) is 56.6 Å². The highest BCUT2D eigenvalue weighted by atomic mass is 28.4. The molecule has 228 valence electrons. The molecule has 0 spiro atoms. The van der Waals surface area contributed by atoms with Crippen LogP contribution >= 0.6 is 0 Å². The molecule has 1 amide bonds. The Kier molecular flexibility index (Phi) is 23.3. The first-order valence-corrected chi connectivity index (χ1v) is 19.9. The van der Waals surface area contributed by atoms with Crippen molar-refractivity contribution in [1.29, 1.82) is 0 Å². The Morgan fingerprint density at radius 2 is 1.18 bits per heavy atom. The van der Waals surface area contributed by atoms with E-state index in [0.29, 0.717) is 92.0 Å². The largest absolute Gasteiger partial charge is 0.481 e. The van der Waals surface area contributed by atoms with Crippen LogP contribution in [0.25, 0.3) is 10.4 Å². The van der Waals surface area contributed by atoms with Crippen molar-refractivity contribution in [1.82, 2.24) is 5.32 Å². The van der Waals surface area contributed by atoms with Gasteiger partial charge in [0.25, 0.3) is 0 Å². The minimum atomic E-state index is -1.90. The van der Waals surface area contributed by atoms with Crippen LogP contribution in [0.1, 0.15) is 25.7 Å². The molecule has 0 unspecified atom stereocenters. The predicted molar refractivity (Wildman–Crippen MR) is 153 cm³/mol. The number of carboxylic acids is 1. The number of hydrogen-bond acceptors (Lipinski definition) is 9. The number of nitrogens with zero attached hydrogens (tertiary/aromatic N) is 3. The molecule has 0 heterocycles. The lowest BCUT2D eigenvalue weighted by Gasteiger charge is -2.34. The van der Waals surface area contributed by atoms with E-state index in [9.17, 15) is 9.59 Å². The third-order valence-electron chi connectivity index (χ3n) is 5.36. The molecule has 0 bridgehead atoms. The Labute approximate surface area is 235 Å². The van der Waals surface area contributed by atoms with Crippen LogP contribution in [0.4, 0.5) is 0 Å². The van der Waals surface area contributed by atoms with E-state index in [1.165, 1.54) is 0 Å². The number of rotatable bonds is 28. The molecular weight excluding hydrogens is 544 g/mol. The van der Waals surface area contributed by atoms with Crippen molar-refractivity contribution in [3.8, 4) is 0 Å². The van der Waals surface area contributed by atoms with Gasteiger partial charge >= 0.3 is 5.97 Å². The van der Waals surface area contributed by atoms with Gasteiger partial charge in [0, 0.05) is 30.8 Å². The molecule has 0 fully saturated rings. The zero-order valence-corrected chi connectivity index (χ0v) is 26.3. The Morgan fingerprint density at radius 3 is 1.64 bits per heavy atom. The van der Waals surface area contributed by atoms with Crippen LogP contribution in [0.5, 0.6) is 0 Å². The second-order valence-electron chi connectivity index (χ2n) is 10.1. The lowest BCUT2D eigenvalue weighted by Crippen LogP contribution is -2.44. The van der Waals surface area contributed by atoms with Crippen molar-refractivity contribution in [2.24, 2.45) is 5.11 Å². The fraction of sp³-hybridized carbons (Fsp3) is 0.917. The maximum atomic E-state index is 12.1. The van der Waals surface area contributed by atoms with E-state index < -0.39 is 22.6 Å². The van der Waals surface area contributed by atoms with E-state index in [1.54, 1.807) is 0 Å². The summed E-state index contributed by atoms with van der Waals surface area (Å²) in [5, 5.41) is 15.1. The van der Waals surface area contributed by atoms with Crippen LogP contribution in [0, 0.1) is 0 Å². The molecular formula is C24H50N4O9Si2. The molecule has 13 nitrogen and oxygen atoms in total. The monoisotopic (exact) mass is 594 g/mol. The summed E-state index contributed by atoms with van der Waals surface area (Å²) in [4.78, 5) is 25.5. The molecule has 2 N–H and O–H groups in total. The average molecular weight is 595 g/mol. The maximum Gasteiger partial charge on any atom is 0.303 e. The minimum Gasteiger partial charge on any atom is -0.481 e. The lowest BCUT2D eigenvalue weighted by molar-refractivity contribution is -0.137. The third kappa shape index (κ3) is 27.8. The van der Waals surface area contributed by atoms with E-state index in [1.807, 2.05) is 0 Å². The van der Waals surface area contributed by atoms with Gasteiger partial charge in [-0.3, -0.25) is 9.59 Å².